The molecule has 12 heavy (non-hydrogen) atoms. The number of hydrogen-bond acceptors (Lipinski definition) is 2. The molecule has 1 heterocycles. The van der Waals surface area contributed by atoms with Gasteiger partial charge >= 0.3 is 0 Å². The summed E-state index contributed by atoms with van der Waals surface area (Å²) < 4.78 is 5.69. The van der Waals surface area contributed by atoms with Crippen LogP contribution in [-0.4, -0.2) is 26.3 Å². The van der Waals surface area contributed by atoms with E-state index in [1.54, 1.807) is 0 Å². The summed E-state index contributed by atoms with van der Waals surface area (Å²) in [6.07, 6.45) is 3.01. The molecule has 1 saturated heterocycles. The van der Waals surface area contributed by atoms with Gasteiger partial charge in [-0.15, -0.1) is 0 Å². The lowest BCUT2D eigenvalue weighted by Crippen LogP contribution is -2.33. The molecule has 1 fully saturated rings. The molecule has 2 unspecified atom stereocenters. The van der Waals surface area contributed by atoms with Crippen LogP contribution in [0, 0.1) is 11.8 Å². The predicted octanol–water partition coefficient (Wildman–Crippen LogP) is 1.66. The Balaban J connectivity index is 2.40. The molecular formula is C10H21NO. The minimum atomic E-state index is 0.512. The van der Waals surface area contributed by atoms with Gasteiger partial charge in [0.05, 0.1) is 6.10 Å². The molecule has 2 atom stereocenters. The third kappa shape index (κ3) is 2.46. The monoisotopic (exact) mass is 171 g/mol. The molecule has 0 bridgehead atoms. The van der Waals surface area contributed by atoms with Crippen molar-refractivity contribution in [3.05, 3.63) is 0 Å². The summed E-state index contributed by atoms with van der Waals surface area (Å²) in [5.41, 5.74) is 0. The van der Waals surface area contributed by atoms with Gasteiger partial charge in [0.15, 0.2) is 0 Å². The van der Waals surface area contributed by atoms with Crippen molar-refractivity contribution in [3.63, 3.8) is 0 Å². The standard InChI is InChI=1S/C10H21NO/c1-8(2)9(7-11-3)10-5-4-6-12-10/h8-11H,4-7H2,1-3H3. The van der Waals surface area contributed by atoms with Crippen LogP contribution in [0.15, 0.2) is 0 Å². The Morgan fingerprint density at radius 3 is 2.67 bits per heavy atom. The molecule has 0 aromatic rings. The van der Waals surface area contributed by atoms with Crippen molar-refractivity contribution in [1.29, 1.82) is 0 Å². The lowest BCUT2D eigenvalue weighted by atomic mass is 9.89. The van der Waals surface area contributed by atoms with Crippen molar-refractivity contribution < 1.29 is 4.74 Å². The van der Waals surface area contributed by atoms with Gasteiger partial charge in [-0.25, -0.2) is 0 Å². The van der Waals surface area contributed by atoms with Gasteiger partial charge in [0, 0.05) is 13.2 Å². The average Bonchev–Trinajstić information content (AvgIpc) is 2.51. The quantitative estimate of drug-likeness (QED) is 0.694. The van der Waals surface area contributed by atoms with E-state index in [1.807, 2.05) is 7.05 Å². The first-order valence-corrected chi connectivity index (χ1v) is 5.02. The first-order valence-electron chi connectivity index (χ1n) is 5.02. The zero-order chi connectivity index (χ0) is 8.97. The van der Waals surface area contributed by atoms with E-state index in [9.17, 15) is 0 Å². The van der Waals surface area contributed by atoms with Crippen molar-refractivity contribution in [2.45, 2.75) is 32.8 Å². The highest BCUT2D eigenvalue weighted by molar-refractivity contribution is 4.78. The van der Waals surface area contributed by atoms with Gasteiger partial charge in [-0.3, -0.25) is 0 Å². The highest BCUT2D eigenvalue weighted by atomic mass is 16.5. The summed E-state index contributed by atoms with van der Waals surface area (Å²) >= 11 is 0. The molecule has 1 rings (SSSR count). The maximum atomic E-state index is 5.69. The fourth-order valence-electron chi connectivity index (χ4n) is 1.97. The van der Waals surface area contributed by atoms with E-state index < -0.39 is 0 Å². The van der Waals surface area contributed by atoms with Crippen LogP contribution in [0.1, 0.15) is 26.7 Å². The molecule has 0 spiro atoms. The van der Waals surface area contributed by atoms with E-state index in [0.717, 1.165) is 19.1 Å². The van der Waals surface area contributed by atoms with Crippen molar-refractivity contribution >= 4 is 0 Å². The van der Waals surface area contributed by atoms with Gasteiger partial charge in [-0.2, -0.15) is 0 Å². The third-order valence-electron chi connectivity index (χ3n) is 2.74. The number of nitrogens with one attached hydrogen (secondary N) is 1. The molecule has 72 valence electrons. The Hall–Kier alpha value is -0.0800. The summed E-state index contributed by atoms with van der Waals surface area (Å²) in [4.78, 5) is 0. The van der Waals surface area contributed by atoms with Crippen LogP contribution in [0.25, 0.3) is 0 Å². The molecule has 1 aliphatic heterocycles. The molecule has 0 radical (unpaired) electrons. The molecule has 0 aromatic heterocycles. The Morgan fingerprint density at radius 1 is 1.50 bits per heavy atom. The fraction of sp³-hybridized carbons (Fsp3) is 1.00. The average molecular weight is 171 g/mol. The van der Waals surface area contributed by atoms with Crippen LogP contribution in [-0.2, 0) is 4.74 Å². The second-order valence-corrected chi connectivity index (χ2v) is 4.02. The van der Waals surface area contributed by atoms with Gasteiger partial charge in [0.2, 0.25) is 0 Å². The van der Waals surface area contributed by atoms with E-state index in [-0.39, 0.29) is 0 Å². The SMILES string of the molecule is CNCC(C(C)C)C1CCCO1. The Labute approximate surface area is 75.7 Å². The van der Waals surface area contributed by atoms with Crippen molar-refractivity contribution in [2.24, 2.45) is 11.8 Å². The summed E-state index contributed by atoms with van der Waals surface area (Å²) in [7, 11) is 2.02. The van der Waals surface area contributed by atoms with Crippen molar-refractivity contribution in [1.82, 2.24) is 5.32 Å². The van der Waals surface area contributed by atoms with Crippen LogP contribution >= 0.6 is 0 Å². The van der Waals surface area contributed by atoms with Crippen molar-refractivity contribution in [3.8, 4) is 0 Å². The maximum absolute atomic E-state index is 5.69. The molecule has 0 aliphatic carbocycles. The van der Waals surface area contributed by atoms with E-state index in [1.165, 1.54) is 12.8 Å². The molecule has 1 N–H and O–H groups in total. The first kappa shape index (κ1) is 10.0. The lowest BCUT2D eigenvalue weighted by molar-refractivity contribution is 0.0452. The third-order valence-corrected chi connectivity index (χ3v) is 2.74. The van der Waals surface area contributed by atoms with E-state index >= 15 is 0 Å². The minimum absolute atomic E-state index is 0.512. The van der Waals surface area contributed by atoms with Gasteiger partial charge in [0.25, 0.3) is 0 Å². The molecule has 2 nitrogen and oxygen atoms in total. The highest BCUT2D eigenvalue weighted by Crippen LogP contribution is 2.25. The Morgan fingerprint density at radius 2 is 2.25 bits per heavy atom. The van der Waals surface area contributed by atoms with Crippen LogP contribution < -0.4 is 5.32 Å². The molecule has 0 amide bonds. The van der Waals surface area contributed by atoms with Gasteiger partial charge in [-0.1, -0.05) is 13.8 Å². The zero-order valence-corrected chi connectivity index (χ0v) is 8.47. The summed E-state index contributed by atoms with van der Waals surface area (Å²) in [6, 6.07) is 0. The fourth-order valence-corrected chi connectivity index (χ4v) is 1.97. The predicted molar refractivity (Wildman–Crippen MR) is 51.2 cm³/mol. The summed E-state index contributed by atoms with van der Waals surface area (Å²) in [6.45, 7) is 6.62. The second-order valence-electron chi connectivity index (χ2n) is 4.02. The van der Waals surface area contributed by atoms with E-state index in [4.69, 9.17) is 4.74 Å². The largest absolute Gasteiger partial charge is 0.378 e. The number of hydrogen-bond donors (Lipinski definition) is 1. The van der Waals surface area contributed by atoms with Crippen LogP contribution in [0.4, 0.5) is 0 Å². The van der Waals surface area contributed by atoms with Crippen LogP contribution in [0.2, 0.25) is 0 Å². The highest BCUT2D eigenvalue weighted by Gasteiger charge is 2.27. The molecule has 0 saturated carbocycles. The zero-order valence-electron chi connectivity index (χ0n) is 8.47. The normalized spacial score (nSPS) is 26.5. The van der Waals surface area contributed by atoms with Crippen LogP contribution in [0.3, 0.4) is 0 Å². The number of rotatable bonds is 4. The van der Waals surface area contributed by atoms with Crippen molar-refractivity contribution in [2.75, 3.05) is 20.2 Å². The second kappa shape index (κ2) is 4.83. The smallest absolute Gasteiger partial charge is 0.0618 e. The van der Waals surface area contributed by atoms with Gasteiger partial charge in [-0.05, 0) is 31.7 Å². The molecule has 1 aliphatic rings. The number of ether oxygens (including phenoxy) is 1. The minimum Gasteiger partial charge on any atom is -0.378 e. The molecule has 0 aromatic carbocycles. The van der Waals surface area contributed by atoms with E-state index in [2.05, 4.69) is 19.2 Å². The maximum Gasteiger partial charge on any atom is 0.0618 e. The Kier molecular flexibility index (Phi) is 4.02. The van der Waals surface area contributed by atoms with Gasteiger partial charge in [0.1, 0.15) is 0 Å². The van der Waals surface area contributed by atoms with Crippen LogP contribution in [0.5, 0.6) is 0 Å². The first-order chi connectivity index (χ1) is 5.75. The summed E-state index contributed by atoms with van der Waals surface area (Å²) in [5, 5.41) is 3.25. The van der Waals surface area contributed by atoms with Gasteiger partial charge < -0.3 is 10.1 Å². The molecule has 2 heteroatoms. The Bertz CT molecular complexity index is 119. The topological polar surface area (TPSA) is 21.3 Å². The van der Waals surface area contributed by atoms with E-state index in [0.29, 0.717) is 12.0 Å². The lowest BCUT2D eigenvalue weighted by Gasteiger charge is -2.26. The summed E-state index contributed by atoms with van der Waals surface area (Å²) in [5.74, 6) is 1.41. The molecular weight excluding hydrogens is 150 g/mol.